The second-order valence-electron chi connectivity index (χ2n) is 27.6. The van der Waals surface area contributed by atoms with Crippen molar-refractivity contribution in [3.8, 4) is 33.4 Å². The van der Waals surface area contributed by atoms with E-state index in [-0.39, 0.29) is 48.9 Å². The number of aliphatic hydroxyl groups excluding tert-OH is 3. The summed E-state index contributed by atoms with van der Waals surface area (Å²) in [5.41, 5.74) is 14.2. The normalized spacial score (nSPS) is 20.9. The number of nitrogens with one attached hydrogen (secondary N) is 3. The summed E-state index contributed by atoms with van der Waals surface area (Å²) in [6.07, 6.45) is 26.9. The second-order valence-corrected chi connectivity index (χ2v) is 27.6. The maximum atomic E-state index is 12.7. The Morgan fingerprint density at radius 2 is 0.896 bits per heavy atom. The quantitative estimate of drug-likeness (QED) is 0.0368. The van der Waals surface area contributed by atoms with Crippen molar-refractivity contribution in [2.24, 2.45) is 5.92 Å². The summed E-state index contributed by atoms with van der Waals surface area (Å²) in [4.78, 5) is 28.4. The van der Waals surface area contributed by atoms with Gasteiger partial charge in [-0.1, -0.05) is 38.1 Å². The Morgan fingerprint density at radius 3 is 1.30 bits per heavy atom. The lowest BCUT2D eigenvalue weighted by Gasteiger charge is -2.26. The number of aryl methyl sites for hydroxylation is 1. The molecule has 1 aliphatic heterocycles. The number of carbonyl (C=O) groups is 1. The van der Waals surface area contributed by atoms with Crippen molar-refractivity contribution in [3.05, 3.63) is 108 Å². The van der Waals surface area contributed by atoms with Crippen LogP contribution in [-0.2, 0) is 32.1 Å². The molecule has 3 aliphatic carbocycles. The van der Waals surface area contributed by atoms with Gasteiger partial charge in [0.2, 0.25) is 23.8 Å². The number of methoxy groups -OCH3 is 3. The highest BCUT2D eigenvalue weighted by molar-refractivity contribution is 5.84. The van der Waals surface area contributed by atoms with Crippen LogP contribution in [-0.4, -0.2) is 180 Å². The monoisotopic (exact) mass is 1320 g/mol. The molecule has 4 fully saturated rings. The van der Waals surface area contributed by atoms with E-state index < -0.39 is 0 Å². The predicted molar refractivity (Wildman–Crippen MR) is 373 cm³/mol. The molecular weight excluding hydrogens is 1210 g/mol. The summed E-state index contributed by atoms with van der Waals surface area (Å²) in [6, 6.07) is 15.4. The van der Waals surface area contributed by atoms with Gasteiger partial charge in [0.05, 0.1) is 85.7 Å². The first-order valence-corrected chi connectivity index (χ1v) is 34.9. The third-order valence-electron chi connectivity index (χ3n) is 19.2. The van der Waals surface area contributed by atoms with E-state index in [0.29, 0.717) is 61.3 Å². The average Bonchev–Trinajstić information content (AvgIpc) is 1.63. The van der Waals surface area contributed by atoms with E-state index in [1.54, 1.807) is 26.0 Å². The first-order valence-electron chi connectivity index (χ1n) is 34.9. The highest BCUT2D eigenvalue weighted by atomic mass is 16.5. The predicted octanol–water partition coefficient (Wildman–Crippen LogP) is 11.0. The van der Waals surface area contributed by atoms with Gasteiger partial charge in [-0.05, 0) is 159 Å². The van der Waals surface area contributed by atoms with Crippen LogP contribution in [0.2, 0.25) is 0 Å². The van der Waals surface area contributed by atoms with E-state index in [2.05, 4.69) is 122 Å². The number of amides is 1. The molecule has 516 valence electrons. The molecule has 1 saturated heterocycles. The number of hydrogen-bond acceptors (Lipinski definition) is 18. The highest BCUT2D eigenvalue weighted by Gasteiger charge is 2.30. The summed E-state index contributed by atoms with van der Waals surface area (Å²) in [5.74, 6) is 3.47. The van der Waals surface area contributed by atoms with Gasteiger partial charge in [0.25, 0.3) is 0 Å². The van der Waals surface area contributed by atoms with E-state index >= 15 is 0 Å². The zero-order chi connectivity index (χ0) is 67.4. The third kappa shape index (κ3) is 17.1. The molecule has 8 aromatic heterocycles. The molecule has 1 aromatic carbocycles. The van der Waals surface area contributed by atoms with Crippen LogP contribution in [0.3, 0.4) is 0 Å². The van der Waals surface area contributed by atoms with Gasteiger partial charge < -0.3 is 50.4 Å². The number of aliphatic hydroxyl groups is 3. The summed E-state index contributed by atoms with van der Waals surface area (Å²) in [6.45, 7) is 17.2. The zero-order valence-corrected chi connectivity index (χ0v) is 57.6. The van der Waals surface area contributed by atoms with E-state index in [9.17, 15) is 20.1 Å². The van der Waals surface area contributed by atoms with Gasteiger partial charge in [0.15, 0.2) is 0 Å². The largest absolute Gasteiger partial charge is 0.393 e. The van der Waals surface area contributed by atoms with Crippen LogP contribution >= 0.6 is 0 Å². The number of aromatic nitrogens is 13. The number of likely N-dealkylation sites (tertiary alicyclic amines) is 1. The molecule has 0 unspecified atom stereocenters. The SMILES string of the molecule is COC[C@H](C)Nc1ncc2c(-c3ccccc3C)cc(C3CCC(O)CC3)n2n1.COC[C@H](C)Nc1ncc2c(-c3cnn(CC(=O)N4CCCCC4)c3)cc(C3CCC(O)CC3)n2n1.COC[C@H](C)Nc1ncc2c(-c3cnn(CC(C)C)c3)cc(C3CCC(O)CC3)n2n1. The van der Waals surface area contributed by atoms with Crippen molar-refractivity contribution in [1.82, 2.24) is 68.3 Å². The Balaban J connectivity index is 0.000000147. The molecule has 24 heteroatoms. The van der Waals surface area contributed by atoms with Gasteiger partial charge in [-0.25, -0.2) is 28.5 Å². The summed E-state index contributed by atoms with van der Waals surface area (Å²) in [7, 11) is 5.06. The molecule has 96 heavy (non-hydrogen) atoms. The Morgan fingerprint density at radius 1 is 0.510 bits per heavy atom. The van der Waals surface area contributed by atoms with Crippen LogP contribution in [0.4, 0.5) is 17.8 Å². The summed E-state index contributed by atoms with van der Waals surface area (Å²) < 4.78 is 25.5. The van der Waals surface area contributed by atoms with Crippen LogP contribution in [0.25, 0.3) is 49.9 Å². The minimum absolute atomic E-state index is 0.0754. The van der Waals surface area contributed by atoms with Gasteiger partial charge >= 0.3 is 0 Å². The van der Waals surface area contributed by atoms with E-state index in [0.717, 1.165) is 154 Å². The maximum absolute atomic E-state index is 12.7. The Kier molecular flexibility index (Phi) is 23.5. The minimum atomic E-state index is -0.218. The first kappa shape index (κ1) is 69.5. The maximum Gasteiger partial charge on any atom is 0.244 e. The van der Waals surface area contributed by atoms with Crippen molar-refractivity contribution in [3.63, 3.8) is 0 Å². The fourth-order valence-electron chi connectivity index (χ4n) is 14.3. The van der Waals surface area contributed by atoms with Crippen LogP contribution in [0.1, 0.15) is 171 Å². The number of carbonyl (C=O) groups excluding carboxylic acids is 1. The molecule has 6 N–H and O–H groups in total. The van der Waals surface area contributed by atoms with Gasteiger partial charge in [-0.3, -0.25) is 14.2 Å². The standard InChI is InChI=1S/C26H37N7O3.C23H34N6O2.C23H30N4O2/c1-18(17-36-2)29-26-27-14-24-22(12-23(33(24)30-26)19-6-8-21(34)9-7-19)20-13-28-32(15-20)16-25(35)31-10-4-3-5-11-31;1-15(2)12-28-13-18(10-25-28)20-9-21(17-5-7-19(30)8-6-17)29-22(20)11-24-23(27-29)26-16(3)14-31-4;1-15-6-4-5-7-19(15)20-12-21(17-8-10-18(28)11-9-17)27-22(20)13-24-23(26-27)25-16(2)14-29-3/h12-15,18-19,21,34H,3-11,16-17H2,1-2H3,(H,29,30);9-11,13,15-17,19,30H,5-8,12,14H2,1-4H3,(H,26,27);4-7,12-13,16-18,28H,8-11,14H2,1-3H3,(H,25,26)/t18-,19?,21?;16-,17?,19?;16-,17?,18?/m000/s1. The Bertz CT molecular complexity index is 3960. The zero-order valence-electron chi connectivity index (χ0n) is 57.6. The molecule has 0 bridgehead atoms. The van der Waals surface area contributed by atoms with Crippen molar-refractivity contribution in [1.29, 1.82) is 0 Å². The van der Waals surface area contributed by atoms with Gasteiger partial charge in [-0.15, -0.1) is 15.3 Å². The molecule has 0 radical (unpaired) electrons. The lowest BCUT2D eigenvalue weighted by atomic mass is 9.85. The van der Waals surface area contributed by atoms with Crippen molar-refractivity contribution in [2.75, 3.05) is 70.2 Å². The molecule has 9 heterocycles. The van der Waals surface area contributed by atoms with Gasteiger partial charge in [0, 0.05) is 134 Å². The van der Waals surface area contributed by atoms with Crippen LogP contribution in [0, 0.1) is 12.8 Å². The fraction of sp³-hybridized carbons (Fsp3) is 0.569. The van der Waals surface area contributed by atoms with Crippen LogP contribution in [0.15, 0.2) is 85.8 Å². The number of ether oxygens (including phenoxy) is 3. The third-order valence-corrected chi connectivity index (χ3v) is 19.2. The Labute approximate surface area is 563 Å². The van der Waals surface area contributed by atoms with E-state index in [1.165, 1.54) is 34.5 Å². The van der Waals surface area contributed by atoms with Crippen LogP contribution < -0.4 is 16.0 Å². The molecule has 0 spiro atoms. The van der Waals surface area contributed by atoms with Gasteiger partial charge in [-0.2, -0.15) is 10.2 Å². The van der Waals surface area contributed by atoms with Crippen molar-refractivity contribution >= 4 is 40.3 Å². The summed E-state index contributed by atoms with van der Waals surface area (Å²) >= 11 is 0. The molecule has 24 nitrogen and oxygen atoms in total. The van der Waals surface area contributed by atoms with E-state index in [4.69, 9.17) is 29.5 Å². The molecule has 9 aromatic rings. The molecule has 1 amide bonds. The fourth-order valence-corrected chi connectivity index (χ4v) is 14.3. The number of piperidine rings is 1. The molecule has 3 saturated carbocycles. The molecule has 4 aliphatic rings. The number of nitrogens with zero attached hydrogens (tertiary/aromatic N) is 14. The lowest BCUT2D eigenvalue weighted by Crippen LogP contribution is -2.37. The summed E-state index contributed by atoms with van der Waals surface area (Å²) in [5, 5.41) is 63.5. The van der Waals surface area contributed by atoms with Crippen molar-refractivity contribution in [2.45, 2.75) is 205 Å². The van der Waals surface area contributed by atoms with Crippen LogP contribution in [0.5, 0.6) is 0 Å². The number of benzene rings is 1. The number of hydrogen-bond donors (Lipinski definition) is 6. The first-order chi connectivity index (χ1) is 46.5. The average molecular weight is 1320 g/mol. The lowest BCUT2D eigenvalue weighted by molar-refractivity contribution is -0.132. The molecular formula is C72H101N17O7. The Hall–Kier alpha value is -7.87. The molecule has 3 atom stereocenters. The minimum Gasteiger partial charge on any atom is -0.393 e. The number of anilines is 3. The van der Waals surface area contributed by atoms with E-state index in [1.807, 2.05) is 69.6 Å². The number of rotatable bonds is 22. The molecule has 13 rings (SSSR count). The smallest absolute Gasteiger partial charge is 0.244 e. The van der Waals surface area contributed by atoms with Gasteiger partial charge in [0.1, 0.15) is 6.54 Å². The van der Waals surface area contributed by atoms with Crippen molar-refractivity contribution < 1.29 is 34.3 Å². The highest BCUT2D eigenvalue weighted by Crippen LogP contribution is 2.41. The topological polar surface area (TPSA) is 271 Å². The second kappa shape index (κ2) is 32.5. The number of fused-ring (bicyclic) bond motifs is 3.